The first-order valence-electron chi connectivity index (χ1n) is 8.42. The van der Waals surface area contributed by atoms with Crippen molar-refractivity contribution in [1.29, 1.82) is 0 Å². The molecule has 1 rings (SSSR count). The molecule has 0 bridgehead atoms. The molecule has 134 valence electrons. The maximum Gasteiger partial charge on any atom is 0.323 e. The maximum absolute atomic E-state index is 12.2. The second-order valence-corrected chi connectivity index (χ2v) is 6.75. The number of ether oxygens (including phenoxy) is 2. The molecule has 0 fully saturated rings. The van der Waals surface area contributed by atoms with Crippen molar-refractivity contribution in [3.8, 4) is 0 Å². The van der Waals surface area contributed by atoms with Crippen LogP contribution in [0.4, 0.5) is 0 Å². The van der Waals surface area contributed by atoms with E-state index in [1.54, 1.807) is 13.8 Å². The van der Waals surface area contributed by atoms with Crippen LogP contribution in [0.1, 0.15) is 46.6 Å². The lowest BCUT2D eigenvalue weighted by molar-refractivity contribution is -0.157. The SMILES string of the molecule is CCOC(=O)C(CCc1ccccc1)N[C@@H](C)C(=O)OC(C)(C)C. The molecule has 0 aromatic heterocycles. The van der Waals surface area contributed by atoms with Crippen molar-refractivity contribution in [3.05, 3.63) is 35.9 Å². The fourth-order valence-corrected chi connectivity index (χ4v) is 2.23. The smallest absolute Gasteiger partial charge is 0.323 e. The number of hydrogen-bond acceptors (Lipinski definition) is 5. The van der Waals surface area contributed by atoms with E-state index < -0.39 is 17.7 Å². The van der Waals surface area contributed by atoms with Gasteiger partial charge < -0.3 is 9.47 Å². The van der Waals surface area contributed by atoms with Crippen molar-refractivity contribution in [2.75, 3.05) is 6.61 Å². The summed E-state index contributed by atoms with van der Waals surface area (Å²) in [5.41, 5.74) is 0.578. The fourth-order valence-electron chi connectivity index (χ4n) is 2.23. The zero-order valence-electron chi connectivity index (χ0n) is 15.3. The third-order valence-corrected chi connectivity index (χ3v) is 3.35. The van der Waals surface area contributed by atoms with Crippen molar-refractivity contribution in [2.45, 2.75) is 65.1 Å². The number of hydrogen-bond donors (Lipinski definition) is 1. The minimum atomic E-state index is -0.589. The van der Waals surface area contributed by atoms with Crippen LogP contribution in [0.15, 0.2) is 30.3 Å². The molecule has 0 amide bonds. The maximum atomic E-state index is 12.2. The Labute approximate surface area is 144 Å². The lowest BCUT2D eigenvalue weighted by Gasteiger charge is -2.25. The molecular weight excluding hydrogens is 306 g/mol. The zero-order valence-corrected chi connectivity index (χ0v) is 15.3. The van der Waals surface area contributed by atoms with E-state index in [2.05, 4.69) is 5.32 Å². The Hall–Kier alpha value is -1.88. The minimum absolute atomic E-state index is 0.309. The van der Waals surface area contributed by atoms with E-state index in [9.17, 15) is 9.59 Å². The molecule has 0 spiro atoms. The number of nitrogens with one attached hydrogen (secondary N) is 1. The molecular formula is C19H29NO4. The molecule has 1 N–H and O–H groups in total. The van der Waals surface area contributed by atoms with Crippen LogP contribution in [0.3, 0.4) is 0 Å². The van der Waals surface area contributed by atoms with Gasteiger partial charge in [-0.3, -0.25) is 14.9 Å². The largest absolute Gasteiger partial charge is 0.465 e. The van der Waals surface area contributed by atoms with Crippen LogP contribution in [0.2, 0.25) is 0 Å². The molecule has 2 atom stereocenters. The lowest BCUT2D eigenvalue weighted by atomic mass is 10.0. The first-order chi connectivity index (χ1) is 11.2. The average molecular weight is 335 g/mol. The van der Waals surface area contributed by atoms with Gasteiger partial charge >= 0.3 is 11.9 Å². The second kappa shape index (κ2) is 9.42. The Morgan fingerprint density at radius 1 is 1.12 bits per heavy atom. The van der Waals surface area contributed by atoms with Gasteiger partial charge in [-0.05, 0) is 53.0 Å². The van der Waals surface area contributed by atoms with Crippen LogP contribution in [0.5, 0.6) is 0 Å². The minimum Gasteiger partial charge on any atom is -0.465 e. The average Bonchev–Trinajstić information content (AvgIpc) is 2.50. The lowest BCUT2D eigenvalue weighted by Crippen LogP contribution is -2.48. The molecule has 0 saturated carbocycles. The Morgan fingerprint density at radius 3 is 2.29 bits per heavy atom. The highest BCUT2D eigenvalue weighted by Crippen LogP contribution is 2.11. The van der Waals surface area contributed by atoms with Crippen molar-refractivity contribution in [1.82, 2.24) is 5.32 Å². The summed E-state index contributed by atoms with van der Waals surface area (Å²) in [7, 11) is 0. The Bertz CT molecular complexity index is 522. The molecule has 0 radical (unpaired) electrons. The van der Waals surface area contributed by atoms with Crippen LogP contribution in [0, 0.1) is 0 Å². The quantitative estimate of drug-likeness (QED) is 0.740. The summed E-state index contributed by atoms with van der Waals surface area (Å²) in [6.45, 7) is 9.22. The van der Waals surface area contributed by atoms with Gasteiger partial charge in [0.25, 0.3) is 0 Å². The highest BCUT2D eigenvalue weighted by atomic mass is 16.6. The van der Waals surface area contributed by atoms with Crippen molar-refractivity contribution < 1.29 is 19.1 Å². The zero-order chi connectivity index (χ0) is 18.2. The number of aryl methyl sites for hydroxylation is 1. The number of rotatable bonds is 8. The first-order valence-corrected chi connectivity index (χ1v) is 8.42. The number of carbonyl (C=O) groups is 2. The van der Waals surface area contributed by atoms with Gasteiger partial charge in [0, 0.05) is 0 Å². The normalized spacial score (nSPS) is 13.9. The monoisotopic (exact) mass is 335 g/mol. The topological polar surface area (TPSA) is 64.6 Å². The molecule has 0 saturated heterocycles. The van der Waals surface area contributed by atoms with Crippen LogP contribution < -0.4 is 5.32 Å². The molecule has 5 heteroatoms. The van der Waals surface area contributed by atoms with Crippen LogP contribution in [0.25, 0.3) is 0 Å². The Morgan fingerprint density at radius 2 is 1.75 bits per heavy atom. The summed E-state index contributed by atoms with van der Waals surface area (Å²) < 4.78 is 10.5. The van der Waals surface area contributed by atoms with Gasteiger partial charge in [-0.25, -0.2) is 0 Å². The molecule has 1 aromatic carbocycles. The summed E-state index contributed by atoms with van der Waals surface area (Å²) in [4.78, 5) is 24.3. The number of esters is 2. The highest BCUT2D eigenvalue weighted by molar-refractivity contribution is 5.79. The fraction of sp³-hybridized carbons (Fsp3) is 0.579. The second-order valence-electron chi connectivity index (χ2n) is 6.75. The third kappa shape index (κ3) is 7.59. The number of benzene rings is 1. The predicted octanol–water partition coefficient (Wildman–Crippen LogP) is 2.87. The van der Waals surface area contributed by atoms with Gasteiger partial charge in [-0.2, -0.15) is 0 Å². The Kier molecular flexibility index (Phi) is 7.92. The van der Waals surface area contributed by atoms with Crippen LogP contribution in [-0.2, 0) is 25.5 Å². The Balaban J connectivity index is 2.68. The van der Waals surface area contributed by atoms with Gasteiger partial charge in [0.15, 0.2) is 0 Å². The van der Waals surface area contributed by atoms with Gasteiger partial charge in [0.05, 0.1) is 6.61 Å². The van der Waals surface area contributed by atoms with E-state index in [0.29, 0.717) is 13.0 Å². The van der Waals surface area contributed by atoms with Crippen molar-refractivity contribution in [3.63, 3.8) is 0 Å². The van der Waals surface area contributed by atoms with E-state index >= 15 is 0 Å². The van der Waals surface area contributed by atoms with Gasteiger partial charge in [-0.15, -0.1) is 0 Å². The van der Waals surface area contributed by atoms with E-state index in [4.69, 9.17) is 9.47 Å². The molecule has 0 aliphatic heterocycles. The molecule has 1 unspecified atom stereocenters. The third-order valence-electron chi connectivity index (χ3n) is 3.35. The summed E-state index contributed by atoms with van der Waals surface area (Å²) in [6, 6.07) is 8.77. The summed E-state index contributed by atoms with van der Waals surface area (Å²) in [5, 5.41) is 3.05. The van der Waals surface area contributed by atoms with Crippen LogP contribution in [-0.4, -0.2) is 36.2 Å². The van der Waals surface area contributed by atoms with Gasteiger partial charge in [-0.1, -0.05) is 30.3 Å². The van der Waals surface area contributed by atoms with E-state index in [0.717, 1.165) is 12.0 Å². The first kappa shape index (κ1) is 20.2. The molecule has 0 heterocycles. The van der Waals surface area contributed by atoms with Crippen molar-refractivity contribution >= 4 is 11.9 Å². The van der Waals surface area contributed by atoms with E-state index in [-0.39, 0.29) is 11.9 Å². The molecule has 5 nitrogen and oxygen atoms in total. The summed E-state index contributed by atoms with van der Waals surface area (Å²) >= 11 is 0. The molecule has 1 aromatic rings. The highest BCUT2D eigenvalue weighted by Gasteiger charge is 2.27. The van der Waals surface area contributed by atoms with E-state index in [1.165, 1.54) is 0 Å². The van der Waals surface area contributed by atoms with E-state index in [1.807, 2.05) is 51.1 Å². The predicted molar refractivity (Wildman–Crippen MR) is 93.6 cm³/mol. The molecule has 0 aliphatic rings. The van der Waals surface area contributed by atoms with Crippen LogP contribution >= 0.6 is 0 Å². The van der Waals surface area contributed by atoms with Gasteiger partial charge in [0.1, 0.15) is 17.7 Å². The molecule has 24 heavy (non-hydrogen) atoms. The van der Waals surface area contributed by atoms with Crippen molar-refractivity contribution in [2.24, 2.45) is 0 Å². The summed E-state index contributed by atoms with van der Waals surface area (Å²) in [6.07, 6.45) is 1.27. The standard InChI is InChI=1S/C19H29NO4/c1-6-23-18(22)16(13-12-15-10-8-7-9-11-15)20-14(2)17(21)24-19(3,4)5/h7-11,14,16,20H,6,12-13H2,1-5H3/t14-,16?/m0/s1. The number of carbonyl (C=O) groups excluding carboxylic acids is 2. The summed E-state index contributed by atoms with van der Waals surface area (Å²) in [5.74, 6) is -0.722. The molecule has 0 aliphatic carbocycles. The van der Waals surface area contributed by atoms with Gasteiger partial charge in [0.2, 0.25) is 0 Å².